The van der Waals surface area contributed by atoms with Crippen LogP contribution in [0.2, 0.25) is 5.02 Å². The van der Waals surface area contributed by atoms with Crippen molar-refractivity contribution in [3.8, 4) is 5.69 Å². The number of thioether (sulfide) groups is 1. The average molecular weight is 402 g/mol. The molecule has 1 atom stereocenters. The summed E-state index contributed by atoms with van der Waals surface area (Å²) < 4.78 is 7.05. The highest BCUT2D eigenvalue weighted by Crippen LogP contribution is 2.28. The molecule has 140 valence electrons. The van der Waals surface area contributed by atoms with Crippen LogP contribution in [0.1, 0.15) is 25.2 Å². The van der Waals surface area contributed by atoms with E-state index >= 15 is 0 Å². The van der Waals surface area contributed by atoms with Crippen LogP contribution in [0.3, 0.4) is 0 Å². The van der Waals surface area contributed by atoms with Crippen molar-refractivity contribution in [1.29, 1.82) is 0 Å². The summed E-state index contributed by atoms with van der Waals surface area (Å²) in [6.45, 7) is 3.95. The molecule has 3 rings (SSSR count). The second-order valence-corrected chi connectivity index (χ2v) is 7.63. The van der Waals surface area contributed by atoms with Gasteiger partial charge in [-0.3, -0.25) is 9.36 Å². The first kappa shape index (κ1) is 19.5. The zero-order chi connectivity index (χ0) is 19.2. The Labute approximate surface area is 167 Å². The minimum absolute atomic E-state index is 0.271. The minimum atomic E-state index is -0.392. The number of hydrogen-bond acceptors (Lipinski definition) is 5. The van der Waals surface area contributed by atoms with Crippen molar-refractivity contribution in [1.82, 2.24) is 14.8 Å². The molecule has 0 fully saturated rings. The Balaban J connectivity index is 1.97. The van der Waals surface area contributed by atoms with Crippen LogP contribution in [0.4, 0.5) is 0 Å². The van der Waals surface area contributed by atoms with E-state index < -0.39 is 5.25 Å². The second kappa shape index (κ2) is 9.06. The van der Waals surface area contributed by atoms with Crippen molar-refractivity contribution in [2.75, 3.05) is 6.61 Å². The van der Waals surface area contributed by atoms with Gasteiger partial charge in [-0.2, -0.15) is 0 Å². The number of nitrogens with zero attached hydrogens (tertiary/aromatic N) is 3. The van der Waals surface area contributed by atoms with E-state index in [1.54, 1.807) is 13.8 Å². The lowest BCUT2D eigenvalue weighted by atomic mass is 10.1. The summed E-state index contributed by atoms with van der Waals surface area (Å²) in [4.78, 5) is 12.0. The molecule has 5 nitrogen and oxygen atoms in total. The maximum atomic E-state index is 12.0. The van der Waals surface area contributed by atoms with E-state index in [4.69, 9.17) is 16.3 Å². The summed E-state index contributed by atoms with van der Waals surface area (Å²) in [6.07, 6.45) is 0.620. The molecule has 0 aliphatic heterocycles. The van der Waals surface area contributed by atoms with Crippen LogP contribution in [0.5, 0.6) is 0 Å². The Bertz CT molecular complexity index is 915. The predicted octanol–water partition coefficient (Wildman–Crippen LogP) is 4.56. The maximum Gasteiger partial charge on any atom is 0.319 e. The SMILES string of the molecule is CCOC(=O)[C@@H](C)Sc1nnc(Cc2ccccc2)n1-c1cccc(Cl)c1. The standard InChI is InChI=1S/C20H20ClN3O2S/c1-3-26-19(25)14(2)27-20-23-22-18(12-15-8-5-4-6-9-15)24(20)17-11-7-10-16(21)13-17/h4-11,13-14H,3,12H2,1-2H3/t14-/m1/s1. The van der Waals surface area contributed by atoms with Gasteiger partial charge in [-0.15, -0.1) is 10.2 Å². The van der Waals surface area contributed by atoms with E-state index in [-0.39, 0.29) is 5.97 Å². The van der Waals surface area contributed by atoms with Crippen LogP contribution >= 0.6 is 23.4 Å². The number of hydrogen-bond donors (Lipinski definition) is 0. The molecule has 0 bridgehead atoms. The van der Waals surface area contributed by atoms with Gasteiger partial charge in [0.1, 0.15) is 11.1 Å². The molecule has 7 heteroatoms. The summed E-state index contributed by atoms with van der Waals surface area (Å²) in [5.74, 6) is 0.509. The van der Waals surface area contributed by atoms with Crippen LogP contribution in [0, 0.1) is 0 Å². The lowest BCUT2D eigenvalue weighted by Crippen LogP contribution is -2.17. The molecule has 0 aliphatic carbocycles. The first-order valence-corrected chi connectivity index (χ1v) is 9.91. The number of carbonyl (C=O) groups excluding carboxylic acids is 1. The number of benzene rings is 2. The van der Waals surface area contributed by atoms with Crippen LogP contribution < -0.4 is 0 Å². The lowest BCUT2D eigenvalue weighted by Gasteiger charge is -2.13. The molecule has 0 radical (unpaired) electrons. The number of esters is 1. The first-order valence-electron chi connectivity index (χ1n) is 8.66. The van der Waals surface area contributed by atoms with E-state index in [2.05, 4.69) is 10.2 Å². The summed E-state index contributed by atoms with van der Waals surface area (Å²) in [7, 11) is 0. The third-order valence-corrected chi connectivity index (χ3v) is 5.13. The topological polar surface area (TPSA) is 57.0 Å². The molecule has 0 saturated carbocycles. The molecule has 0 saturated heterocycles. The fraction of sp³-hybridized carbons (Fsp3) is 0.250. The van der Waals surface area contributed by atoms with Gasteiger partial charge < -0.3 is 4.74 Å². The van der Waals surface area contributed by atoms with Gasteiger partial charge in [0.25, 0.3) is 0 Å². The molecule has 0 aliphatic rings. The average Bonchev–Trinajstić information content (AvgIpc) is 3.04. The maximum absolute atomic E-state index is 12.0. The third-order valence-electron chi connectivity index (χ3n) is 3.87. The zero-order valence-corrected chi connectivity index (χ0v) is 16.7. The first-order chi connectivity index (χ1) is 13.1. The van der Waals surface area contributed by atoms with E-state index in [1.807, 2.05) is 59.2 Å². The normalized spacial score (nSPS) is 12.0. The highest BCUT2D eigenvalue weighted by molar-refractivity contribution is 8.00. The highest BCUT2D eigenvalue weighted by Gasteiger charge is 2.22. The van der Waals surface area contributed by atoms with Gasteiger partial charge >= 0.3 is 5.97 Å². The van der Waals surface area contributed by atoms with Gasteiger partial charge in [-0.25, -0.2) is 0 Å². The highest BCUT2D eigenvalue weighted by atomic mass is 35.5. The molecule has 0 spiro atoms. The molecule has 0 N–H and O–H groups in total. The van der Waals surface area contributed by atoms with Crippen molar-refractivity contribution in [3.05, 3.63) is 71.0 Å². The molecule has 1 aromatic heterocycles. The summed E-state index contributed by atoms with van der Waals surface area (Å²) in [6, 6.07) is 17.6. The lowest BCUT2D eigenvalue weighted by molar-refractivity contribution is -0.142. The molecule has 3 aromatic rings. The van der Waals surface area contributed by atoms with Crippen molar-refractivity contribution in [2.24, 2.45) is 0 Å². The molecule has 0 amide bonds. The number of rotatable bonds is 7. The number of aromatic nitrogens is 3. The van der Waals surface area contributed by atoms with Crippen LogP contribution in [-0.4, -0.2) is 32.6 Å². The van der Waals surface area contributed by atoms with Crippen molar-refractivity contribution < 1.29 is 9.53 Å². The van der Waals surface area contributed by atoms with E-state index in [9.17, 15) is 4.79 Å². The number of ether oxygens (including phenoxy) is 1. The van der Waals surface area contributed by atoms with E-state index in [1.165, 1.54) is 11.8 Å². The summed E-state index contributed by atoms with van der Waals surface area (Å²) in [5.41, 5.74) is 1.99. The summed E-state index contributed by atoms with van der Waals surface area (Å²) >= 11 is 7.51. The van der Waals surface area contributed by atoms with Crippen molar-refractivity contribution in [2.45, 2.75) is 30.7 Å². The van der Waals surface area contributed by atoms with Gasteiger partial charge in [0.2, 0.25) is 0 Å². The fourth-order valence-electron chi connectivity index (χ4n) is 2.61. The Morgan fingerprint density at radius 1 is 1.19 bits per heavy atom. The monoisotopic (exact) mass is 401 g/mol. The predicted molar refractivity (Wildman–Crippen MR) is 108 cm³/mol. The Morgan fingerprint density at radius 2 is 1.96 bits per heavy atom. The molecule has 27 heavy (non-hydrogen) atoms. The molecule has 0 unspecified atom stereocenters. The van der Waals surface area contributed by atoms with E-state index in [0.29, 0.717) is 23.2 Å². The Kier molecular flexibility index (Phi) is 6.53. The van der Waals surface area contributed by atoms with Crippen LogP contribution in [-0.2, 0) is 16.0 Å². The van der Waals surface area contributed by atoms with Gasteiger partial charge in [0.05, 0.1) is 12.3 Å². The molecular weight excluding hydrogens is 382 g/mol. The number of halogens is 1. The van der Waals surface area contributed by atoms with Crippen LogP contribution in [0.25, 0.3) is 5.69 Å². The van der Waals surface area contributed by atoms with Crippen molar-refractivity contribution in [3.63, 3.8) is 0 Å². The zero-order valence-electron chi connectivity index (χ0n) is 15.1. The van der Waals surface area contributed by atoms with Gasteiger partial charge in [0.15, 0.2) is 5.16 Å². The van der Waals surface area contributed by atoms with Crippen LogP contribution in [0.15, 0.2) is 59.8 Å². The molecular formula is C20H20ClN3O2S. The fourth-order valence-corrected chi connectivity index (χ4v) is 3.68. The molecule has 2 aromatic carbocycles. The number of carbonyl (C=O) groups is 1. The van der Waals surface area contributed by atoms with Gasteiger partial charge in [-0.1, -0.05) is 59.8 Å². The third kappa shape index (κ3) is 4.90. The second-order valence-electron chi connectivity index (χ2n) is 5.89. The van der Waals surface area contributed by atoms with Gasteiger partial charge in [0, 0.05) is 11.4 Å². The van der Waals surface area contributed by atoms with E-state index in [0.717, 1.165) is 17.1 Å². The quantitative estimate of drug-likeness (QED) is 0.429. The Hall–Kier alpha value is -2.31. The minimum Gasteiger partial charge on any atom is -0.465 e. The Morgan fingerprint density at radius 3 is 2.67 bits per heavy atom. The smallest absolute Gasteiger partial charge is 0.319 e. The van der Waals surface area contributed by atoms with Crippen molar-refractivity contribution >= 4 is 29.3 Å². The van der Waals surface area contributed by atoms with Gasteiger partial charge in [-0.05, 0) is 37.6 Å². The molecule has 1 heterocycles. The largest absolute Gasteiger partial charge is 0.465 e. The summed E-state index contributed by atoms with van der Waals surface area (Å²) in [5, 5.41) is 9.56.